The first-order valence-corrected chi connectivity index (χ1v) is 11.4. The number of sulfone groups is 1. The van der Waals surface area contributed by atoms with Crippen LogP contribution in [0, 0.1) is 5.92 Å². The smallest absolute Gasteiger partial charge is 0.181 e. The number of aromatic nitrogens is 3. The van der Waals surface area contributed by atoms with E-state index in [0.29, 0.717) is 12.2 Å². The van der Waals surface area contributed by atoms with Crippen molar-refractivity contribution in [2.45, 2.75) is 31.1 Å². The highest BCUT2D eigenvalue weighted by atomic mass is 32.2. The van der Waals surface area contributed by atoms with Crippen molar-refractivity contribution in [1.29, 1.82) is 0 Å². The molecule has 0 bridgehead atoms. The predicted octanol–water partition coefficient (Wildman–Crippen LogP) is 2.95. The van der Waals surface area contributed by atoms with Crippen LogP contribution < -0.4 is 0 Å². The van der Waals surface area contributed by atoms with E-state index < -0.39 is 9.84 Å². The summed E-state index contributed by atoms with van der Waals surface area (Å²) in [4.78, 5) is 4.73. The number of benzene rings is 1. The lowest BCUT2D eigenvalue weighted by Crippen LogP contribution is -2.15. The Morgan fingerprint density at radius 3 is 2.62 bits per heavy atom. The lowest BCUT2D eigenvalue weighted by molar-refractivity contribution is 0.485. The highest BCUT2D eigenvalue weighted by Gasteiger charge is 2.32. The molecule has 0 N–H and O–H groups in total. The molecular formula is C17H21N3O2S2. The standard InChI is InChI=1S/C17H21N3O2S2/c21-24(22)9-8-15(12-24)20-16(11-23-10-13-6-7-13)18-17(19-20)14-4-2-1-3-5-14/h1-5,13,15H,6-12H2/t15-/m1/s1. The van der Waals surface area contributed by atoms with Gasteiger partial charge in [0.25, 0.3) is 0 Å². The first-order chi connectivity index (χ1) is 11.6. The molecule has 4 rings (SSSR count). The molecule has 24 heavy (non-hydrogen) atoms. The van der Waals surface area contributed by atoms with E-state index in [1.54, 1.807) is 0 Å². The van der Waals surface area contributed by atoms with Gasteiger partial charge in [-0.25, -0.2) is 18.1 Å². The number of rotatable bonds is 6. The molecule has 2 aromatic rings. The molecule has 0 radical (unpaired) electrons. The maximum absolute atomic E-state index is 11.8. The minimum Gasteiger partial charge on any atom is -0.244 e. The van der Waals surface area contributed by atoms with Crippen LogP contribution in [-0.4, -0.2) is 40.4 Å². The fourth-order valence-corrected chi connectivity index (χ4v) is 5.88. The van der Waals surface area contributed by atoms with Crippen LogP contribution in [0.15, 0.2) is 30.3 Å². The summed E-state index contributed by atoms with van der Waals surface area (Å²) >= 11 is 1.89. The van der Waals surface area contributed by atoms with Crippen LogP contribution in [0.2, 0.25) is 0 Å². The quantitative estimate of drug-likeness (QED) is 0.789. The van der Waals surface area contributed by atoms with Gasteiger partial charge in [0.05, 0.1) is 23.3 Å². The summed E-state index contributed by atoms with van der Waals surface area (Å²) in [6.07, 6.45) is 3.33. The minimum atomic E-state index is -2.94. The van der Waals surface area contributed by atoms with E-state index in [0.717, 1.165) is 28.8 Å². The van der Waals surface area contributed by atoms with Gasteiger partial charge in [-0.1, -0.05) is 30.3 Å². The highest BCUT2D eigenvalue weighted by molar-refractivity contribution is 7.98. The van der Waals surface area contributed by atoms with E-state index in [1.807, 2.05) is 46.8 Å². The molecular weight excluding hydrogens is 342 g/mol. The second-order valence-corrected chi connectivity index (χ2v) is 9.94. The van der Waals surface area contributed by atoms with Crippen molar-refractivity contribution >= 4 is 21.6 Å². The van der Waals surface area contributed by atoms with Crippen molar-refractivity contribution in [2.75, 3.05) is 17.3 Å². The van der Waals surface area contributed by atoms with Gasteiger partial charge in [0.1, 0.15) is 5.82 Å². The van der Waals surface area contributed by atoms with Gasteiger partial charge in [-0.3, -0.25) is 0 Å². The van der Waals surface area contributed by atoms with Gasteiger partial charge in [-0.05, 0) is 30.9 Å². The van der Waals surface area contributed by atoms with Gasteiger partial charge in [0, 0.05) is 5.56 Å². The van der Waals surface area contributed by atoms with E-state index in [1.165, 1.54) is 12.8 Å². The molecule has 1 atom stereocenters. The van der Waals surface area contributed by atoms with Crippen LogP contribution in [0.25, 0.3) is 11.4 Å². The Morgan fingerprint density at radius 2 is 1.96 bits per heavy atom. The van der Waals surface area contributed by atoms with Crippen LogP contribution in [0.3, 0.4) is 0 Å². The number of nitrogens with zero attached hydrogens (tertiary/aromatic N) is 3. The highest BCUT2D eigenvalue weighted by Crippen LogP contribution is 2.34. The summed E-state index contributed by atoms with van der Waals surface area (Å²) in [6.45, 7) is 0. The van der Waals surface area contributed by atoms with Gasteiger partial charge >= 0.3 is 0 Å². The van der Waals surface area contributed by atoms with Crippen LogP contribution in [0.1, 0.15) is 31.1 Å². The predicted molar refractivity (Wildman–Crippen MR) is 96.7 cm³/mol. The molecule has 1 aromatic heterocycles. The van der Waals surface area contributed by atoms with E-state index in [2.05, 4.69) is 5.10 Å². The van der Waals surface area contributed by atoms with Gasteiger partial charge in [0.2, 0.25) is 0 Å². The number of thioether (sulfide) groups is 1. The molecule has 0 unspecified atom stereocenters. The lowest BCUT2D eigenvalue weighted by atomic mass is 10.2. The van der Waals surface area contributed by atoms with E-state index >= 15 is 0 Å². The summed E-state index contributed by atoms with van der Waals surface area (Å²) in [5.74, 6) is 4.87. The molecule has 1 aliphatic heterocycles. The van der Waals surface area contributed by atoms with Crippen molar-refractivity contribution in [1.82, 2.24) is 14.8 Å². The van der Waals surface area contributed by atoms with E-state index in [4.69, 9.17) is 4.98 Å². The summed E-state index contributed by atoms with van der Waals surface area (Å²) in [5.41, 5.74) is 0.977. The summed E-state index contributed by atoms with van der Waals surface area (Å²) < 4.78 is 25.6. The molecule has 1 aliphatic carbocycles. The molecule has 1 saturated carbocycles. The molecule has 2 heterocycles. The Hall–Kier alpha value is -1.34. The Bertz CT molecular complexity index is 814. The zero-order valence-corrected chi connectivity index (χ0v) is 15.1. The molecule has 2 fully saturated rings. The molecule has 128 valence electrons. The van der Waals surface area contributed by atoms with Gasteiger partial charge < -0.3 is 0 Å². The summed E-state index contributed by atoms with van der Waals surface area (Å²) in [5, 5.41) is 4.67. The monoisotopic (exact) mass is 363 g/mol. The molecule has 1 saturated heterocycles. The van der Waals surface area contributed by atoms with Crippen LogP contribution in [0.5, 0.6) is 0 Å². The zero-order valence-electron chi connectivity index (χ0n) is 13.5. The average molecular weight is 364 g/mol. The maximum Gasteiger partial charge on any atom is 0.181 e. The Kier molecular flexibility index (Phi) is 4.39. The third-order valence-electron chi connectivity index (χ3n) is 4.57. The van der Waals surface area contributed by atoms with Crippen molar-refractivity contribution < 1.29 is 8.42 Å². The maximum atomic E-state index is 11.8. The summed E-state index contributed by atoms with van der Waals surface area (Å²) in [6, 6.07) is 9.82. The fraction of sp³-hybridized carbons (Fsp3) is 0.529. The van der Waals surface area contributed by atoms with Crippen molar-refractivity contribution in [3.8, 4) is 11.4 Å². The van der Waals surface area contributed by atoms with Crippen LogP contribution >= 0.6 is 11.8 Å². The SMILES string of the molecule is O=S1(=O)CC[C@@H](n2nc(-c3ccccc3)nc2CSCC2CC2)C1. The first kappa shape index (κ1) is 16.1. The Balaban J connectivity index is 1.60. The number of hydrogen-bond acceptors (Lipinski definition) is 5. The second-order valence-electron chi connectivity index (χ2n) is 6.68. The Morgan fingerprint density at radius 1 is 1.17 bits per heavy atom. The molecule has 0 spiro atoms. The van der Waals surface area contributed by atoms with Crippen molar-refractivity contribution in [3.63, 3.8) is 0 Å². The van der Waals surface area contributed by atoms with Crippen molar-refractivity contribution in [2.24, 2.45) is 5.92 Å². The topological polar surface area (TPSA) is 64.8 Å². The summed E-state index contributed by atoms with van der Waals surface area (Å²) in [7, 11) is -2.94. The average Bonchev–Trinajstić information content (AvgIpc) is 3.18. The number of hydrogen-bond donors (Lipinski definition) is 0. The van der Waals surface area contributed by atoms with Gasteiger partial charge in [-0.2, -0.15) is 16.9 Å². The second kappa shape index (κ2) is 6.52. The third-order valence-corrected chi connectivity index (χ3v) is 7.49. The van der Waals surface area contributed by atoms with Gasteiger partial charge in [0.15, 0.2) is 15.7 Å². The normalized spacial score (nSPS) is 22.8. The van der Waals surface area contributed by atoms with Crippen LogP contribution in [0.4, 0.5) is 0 Å². The van der Waals surface area contributed by atoms with Crippen LogP contribution in [-0.2, 0) is 15.6 Å². The lowest BCUT2D eigenvalue weighted by Gasteiger charge is -2.11. The van der Waals surface area contributed by atoms with Gasteiger partial charge in [-0.15, -0.1) is 0 Å². The van der Waals surface area contributed by atoms with E-state index in [-0.39, 0.29) is 17.5 Å². The molecule has 1 aromatic carbocycles. The fourth-order valence-electron chi connectivity index (χ4n) is 3.03. The molecule has 2 aliphatic rings. The molecule has 5 nitrogen and oxygen atoms in total. The van der Waals surface area contributed by atoms with Crippen molar-refractivity contribution in [3.05, 3.63) is 36.2 Å². The third kappa shape index (κ3) is 3.67. The molecule has 0 amide bonds. The zero-order chi connectivity index (χ0) is 16.6. The Labute approximate surface area is 146 Å². The van der Waals surface area contributed by atoms with E-state index in [9.17, 15) is 8.42 Å². The molecule has 7 heteroatoms. The minimum absolute atomic E-state index is 0.0727. The largest absolute Gasteiger partial charge is 0.244 e. The first-order valence-electron chi connectivity index (χ1n) is 8.40.